The van der Waals surface area contributed by atoms with E-state index in [4.69, 9.17) is 11.6 Å². The third kappa shape index (κ3) is 3.55. The number of aryl methyl sites for hydroxylation is 1. The molecule has 0 bridgehead atoms. The normalized spacial score (nSPS) is 12.4. The summed E-state index contributed by atoms with van der Waals surface area (Å²) >= 11 is 5.77. The summed E-state index contributed by atoms with van der Waals surface area (Å²) in [5, 5.41) is 9.65. The van der Waals surface area contributed by atoms with Gasteiger partial charge in [0.15, 0.2) is 0 Å². The fraction of sp³-hybridized carbons (Fsp3) is 0.250. The molecule has 2 aromatic carbocycles. The second-order valence-corrected chi connectivity index (χ2v) is 5.15. The molecule has 0 aliphatic rings. The zero-order valence-corrected chi connectivity index (χ0v) is 11.5. The largest absolute Gasteiger partial charge is 0.396 e. The average molecular weight is 279 g/mol. The molecule has 1 nitrogen and oxygen atoms in total. The maximum absolute atomic E-state index is 13.1. The maximum Gasteiger partial charge on any atom is 0.141 e. The van der Waals surface area contributed by atoms with Gasteiger partial charge in [-0.05, 0) is 36.6 Å². The number of benzene rings is 2. The summed E-state index contributed by atoms with van der Waals surface area (Å²) in [6.45, 7) is 2.08. The molecule has 0 fully saturated rings. The van der Waals surface area contributed by atoms with Crippen LogP contribution in [0.3, 0.4) is 0 Å². The molecule has 0 amide bonds. The molecule has 2 aromatic rings. The Labute approximate surface area is 117 Å². The first-order valence-corrected chi connectivity index (χ1v) is 6.59. The Bertz CT molecular complexity index is 551. The summed E-state index contributed by atoms with van der Waals surface area (Å²) in [6, 6.07) is 12.8. The lowest BCUT2D eigenvalue weighted by molar-refractivity contribution is 0.264. The fourth-order valence-corrected chi connectivity index (χ4v) is 2.28. The van der Waals surface area contributed by atoms with Gasteiger partial charge in [-0.25, -0.2) is 4.39 Å². The summed E-state index contributed by atoms with van der Waals surface area (Å²) < 4.78 is 13.1. The maximum atomic E-state index is 13.1. The van der Waals surface area contributed by atoms with Crippen molar-refractivity contribution in [2.75, 3.05) is 6.61 Å². The zero-order valence-electron chi connectivity index (χ0n) is 10.7. The minimum Gasteiger partial charge on any atom is -0.396 e. The third-order valence-corrected chi connectivity index (χ3v) is 3.52. The minimum absolute atomic E-state index is 0.00197. The SMILES string of the molecule is Cc1ccc(C(CO)Cc2ccc(F)c(Cl)c2)cc1. The Hall–Kier alpha value is -1.38. The zero-order chi connectivity index (χ0) is 13.8. The Morgan fingerprint density at radius 1 is 1.16 bits per heavy atom. The molecular formula is C16H16ClFO. The van der Waals surface area contributed by atoms with Crippen LogP contribution in [0, 0.1) is 12.7 Å². The predicted octanol–water partition coefficient (Wildman–Crippen LogP) is 4.11. The standard InChI is InChI=1S/C16H16ClFO/c1-11-2-5-13(6-3-11)14(10-19)8-12-4-7-16(18)15(17)9-12/h2-7,9,14,19H,8,10H2,1H3. The quantitative estimate of drug-likeness (QED) is 0.892. The van der Waals surface area contributed by atoms with Gasteiger partial charge in [0.25, 0.3) is 0 Å². The smallest absolute Gasteiger partial charge is 0.141 e. The summed E-state index contributed by atoms with van der Waals surface area (Å²) in [6.07, 6.45) is 0.638. The number of rotatable bonds is 4. The van der Waals surface area contributed by atoms with Crippen molar-refractivity contribution in [1.29, 1.82) is 0 Å². The van der Waals surface area contributed by atoms with Crippen molar-refractivity contribution in [3.05, 3.63) is 70.0 Å². The number of aliphatic hydroxyl groups is 1. The molecule has 3 heteroatoms. The van der Waals surface area contributed by atoms with E-state index in [-0.39, 0.29) is 17.5 Å². The van der Waals surface area contributed by atoms with Crippen LogP contribution in [0.15, 0.2) is 42.5 Å². The first kappa shape index (κ1) is 14.0. The van der Waals surface area contributed by atoms with Crippen molar-refractivity contribution < 1.29 is 9.50 Å². The van der Waals surface area contributed by atoms with Crippen LogP contribution in [-0.2, 0) is 6.42 Å². The summed E-state index contributed by atoms with van der Waals surface area (Å²) in [4.78, 5) is 0. The monoisotopic (exact) mass is 278 g/mol. The molecule has 0 saturated carbocycles. The third-order valence-electron chi connectivity index (χ3n) is 3.24. The van der Waals surface area contributed by atoms with Crippen LogP contribution in [0.2, 0.25) is 5.02 Å². The highest BCUT2D eigenvalue weighted by Crippen LogP contribution is 2.23. The Kier molecular flexibility index (Phi) is 4.56. The van der Waals surface area contributed by atoms with E-state index in [2.05, 4.69) is 0 Å². The molecule has 100 valence electrons. The number of aliphatic hydroxyl groups excluding tert-OH is 1. The summed E-state index contributed by atoms with van der Waals surface area (Å²) in [7, 11) is 0. The highest BCUT2D eigenvalue weighted by Gasteiger charge is 2.12. The van der Waals surface area contributed by atoms with Gasteiger partial charge < -0.3 is 5.11 Å². The predicted molar refractivity (Wildman–Crippen MR) is 76.1 cm³/mol. The molecule has 1 unspecified atom stereocenters. The lowest BCUT2D eigenvalue weighted by atomic mass is 9.92. The molecule has 1 atom stereocenters. The van der Waals surface area contributed by atoms with Crippen molar-refractivity contribution in [2.45, 2.75) is 19.3 Å². The van der Waals surface area contributed by atoms with E-state index in [1.807, 2.05) is 31.2 Å². The first-order chi connectivity index (χ1) is 9.10. The van der Waals surface area contributed by atoms with Gasteiger partial charge in [-0.15, -0.1) is 0 Å². The van der Waals surface area contributed by atoms with Crippen LogP contribution < -0.4 is 0 Å². The Balaban J connectivity index is 2.18. The highest BCUT2D eigenvalue weighted by molar-refractivity contribution is 6.30. The fourth-order valence-electron chi connectivity index (χ4n) is 2.08. The average Bonchev–Trinajstić information content (AvgIpc) is 2.41. The molecule has 0 aromatic heterocycles. The first-order valence-electron chi connectivity index (χ1n) is 6.21. The number of hydrogen-bond acceptors (Lipinski definition) is 1. The molecule has 0 spiro atoms. The van der Waals surface area contributed by atoms with Gasteiger partial charge in [0.2, 0.25) is 0 Å². The van der Waals surface area contributed by atoms with Crippen LogP contribution in [0.1, 0.15) is 22.6 Å². The molecule has 0 saturated heterocycles. The molecular weight excluding hydrogens is 263 g/mol. The Morgan fingerprint density at radius 2 is 1.84 bits per heavy atom. The molecule has 0 aliphatic heterocycles. The van der Waals surface area contributed by atoms with E-state index >= 15 is 0 Å². The van der Waals surface area contributed by atoms with Gasteiger partial charge in [0.1, 0.15) is 5.82 Å². The van der Waals surface area contributed by atoms with Gasteiger partial charge in [-0.3, -0.25) is 0 Å². The van der Waals surface area contributed by atoms with E-state index in [1.54, 1.807) is 12.1 Å². The van der Waals surface area contributed by atoms with E-state index in [0.717, 1.165) is 11.1 Å². The van der Waals surface area contributed by atoms with Crippen molar-refractivity contribution in [3.63, 3.8) is 0 Å². The van der Waals surface area contributed by atoms with Crippen molar-refractivity contribution in [3.8, 4) is 0 Å². The van der Waals surface area contributed by atoms with E-state index in [9.17, 15) is 9.50 Å². The van der Waals surface area contributed by atoms with Crippen LogP contribution in [0.5, 0.6) is 0 Å². The van der Waals surface area contributed by atoms with Crippen molar-refractivity contribution in [1.82, 2.24) is 0 Å². The van der Waals surface area contributed by atoms with Crippen LogP contribution in [0.25, 0.3) is 0 Å². The lowest BCUT2D eigenvalue weighted by Gasteiger charge is -2.15. The van der Waals surface area contributed by atoms with E-state index < -0.39 is 5.82 Å². The number of hydrogen-bond donors (Lipinski definition) is 1. The van der Waals surface area contributed by atoms with Crippen LogP contribution in [0.4, 0.5) is 4.39 Å². The highest BCUT2D eigenvalue weighted by atomic mass is 35.5. The van der Waals surface area contributed by atoms with Crippen LogP contribution >= 0.6 is 11.6 Å². The molecule has 2 rings (SSSR count). The van der Waals surface area contributed by atoms with E-state index in [1.165, 1.54) is 11.6 Å². The molecule has 19 heavy (non-hydrogen) atoms. The van der Waals surface area contributed by atoms with Crippen LogP contribution in [-0.4, -0.2) is 11.7 Å². The second-order valence-electron chi connectivity index (χ2n) is 4.74. The van der Waals surface area contributed by atoms with E-state index in [0.29, 0.717) is 6.42 Å². The molecule has 0 radical (unpaired) electrons. The molecule has 0 aliphatic carbocycles. The second kappa shape index (κ2) is 6.18. The molecule has 1 N–H and O–H groups in total. The van der Waals surface area contributed by atoms with Crippen molar-refractivity contribution >= 4 is 11.6 Å². The van der Waals surface area contributed by atoms with Gasteiger partial charge in [0.05, 0.1) is 11.6 Å². The minimum atomic E-state index is -0.415. The Morgan fingerprint density at radius 3 is 2.42 bits per heavy atom. The summed E-state index contributed by atoms with van der Waals surface area (Å²) in [5.41, 5.74) is 3.19. The molecule has 0 heterocycles. The van der Waals surface area contributed by atoms with Gasteiger partial charge >= 0.3 is 0 Å². The van der Waals surface area contributed by atoms with Gasteiger partial charge in [-0.1, -0.05) is 47.5 Å². The summed E-state index contributed by atoms with van der Waals surface area (Å²) in [5.74, 6) is -0.413. The van der Waals surface area contributed by atoms with Crippen molar-refractivity contribution in [2.24, 2.45) is 0 Å². The van der Waals surface area contributed by atoms with Gasteiger partial charge in [0, 0.05) is 5.92 Å². The van der Waals surface area contributed by atoms with Gasteiger partial charge in [-0.2, -0.15) is 0 Å². The topological polar surface area (TPSA) is 20.2 Å². The number of halogens is 2. The lowest BCUT2D eigenvalue weighted by Crippen LogP contribution is -2.08.